The largest absolute Gasteiger partial charge is 0.493 e. The summed E-state index contributed by atoms with van der Waals surface area (Å²) in [7, 11) is 1.59. The number of ether oxygens (including phenoxy) is 2. The average molecular weight is 252 g/mol. The van der Waals surface area contributed by atoms with Gasteiger partial charge in [0.25, 0.3) is 0 Å². The van der Waals surface area contributed by atoms with Crippen molar-refractivity contribution >= 4 is 5.91 Å². The summed E-state index contributed by atoms with van der Waals surface area (Å²) in [6.07, 6.45) is -0.163. The lowest BCUT2D eigenvalue weighted by atomic mass is 10.3. The van der Waals surface area contributed by atoms with Crippen molar-refractivity contribution in [3.8, 4) is 11.5 Å². The summed E-state index contributed by atoms with van der Waals surface area (Å²) in [5, 5.41) is 2.71. The van der Waals surface area contributed by atoms with E-state index in [1.807, 2.05) is 31.2 Å². The average Bonchev–Trinajstić information content (AvgIpc) is 2.36. The number of rotatable bonds is 6. The minimum absolute atomic E-state index is 0.163. The second-order valence-corrected chi connectivity index (χ2v) is 4.11. The Morgan fingerprint density at radius 3 is 2.50 bits per heavy atom. The summed E-state index contributed by atoms with van der Waals surface area (Å²) in [6.45, 7) is 3.91. The monoisotopic (exact) mass is 252 g/mol. The molecule has 0 fully saturated rings. The lowest BCUT2D eigenvalue weighted by molar-refractivity contribution is -0.122. The van der Waals surface area contributed by atoms with Crippen LogP contribution in [0.15, 0.2) is 24.3 Å². The summed E-state index contributed by atoms with van der Waals surface area (Å²) in [6, 6.07) is 6.87. The molecule has 18 heavy (non-hydrogen) atoms. The SMILES string of the molecule is COc1ccccc1OC(C)CNC(=O)[C@H](C)N. The highest BCUT2D eigenvalue weighted by Gasteiger charge is 2.11. The highest BCUT2D eigenvalue weighted by atomic mass is 16.5. The molecule has 0 aliphatic rings. The first kappa shape index (κ1) is 14.3. The number of para-hydroxylation sites is 2. The Morgan fingerprint density at radius 2 is 1.94 bits per heavy atom. The molecule has 1 rings (SSSR count). The molecule has 0 aromatic heterocycles. The summed E-state index contributed by atoms with van der Waals surface area (Å²) < 4.78 is 10.9. The van der Waals surface area contributed by atoms with Gasteiger partial charge in [0.1, 0.15) is 6.10 Å². The van der Waals surface area contributed by atoms with Gasteiger partial charge >= 0.3 is 0 Å². The van der Waals surface area contributed by atoms with Gasteiger partial charge < -0.3 is 20.5 Å². The molecule has 0 bridgehead atoms. The van der Waals surface area contributed by atoms with Crippen LogP contribution in [0.5, 0.6) is 11.5 Å². The topological polar surface area (TPSA) is 73.6 Å². The van der Waals surface area contributed by atoms with Crippen LogP contribution in [-0.4, -0.2) is 31.7 Å². The van der Waals surface area contributed by atoms with Crippen molar-refractivity contribution in [2.75, 3.05) is 13.7 Å². The van der Waals surface area contributed by atoms with Crippen LogP contribution in [0.3, 0.4) is 0 Å². The number of benzene rings is 1. The zero-order valence-electron chi connectivity index (χ0n) is 11.0. The van der Waals surface area contributed by atoms with Gasteiger partial charge in [-0.05, 0) is 26.0 Å². The van der Waals surface area contributed by atoms with E-state index in [1.165, 1.54) is 0 Å². The first-order valence-electron chi connectivity index (χ1n) is 5.87. The van der Waals surface area contributed by atoms with E-state index in [9.17, 15) is 4.79 Å². The molecule has 3 N–H and O–H groups in total. The molecule has 0 spiro atoms. The van der Waals surface area contributed by atoms with E-state index in [2.05, 4.69) is 5.32 Å². The number of methoxy groups -OCH3 is 1. The van der Waals surface area contributed by atoms with Gasteiger partial charge in [0.05, 0.1) is 19.7 Å². The highest BCUT2D eigenvalue weighted by molar-refractivity contribution is 5.80. The van der Waals surface area contributed by atoms with Crippen LogP contribution in [0.4, 0.5) is 0 Å². The number of hydrogen-bond donors (Lipinski definition) is 2. The van der Waals surface area contributed by atoms with Crippen molar-refractivity contribution in [2.45, 2.75) is 26.0 Å². The van der Waals surface area contributed by atoms with Crippen LogP contribution < -0.4 is 20.5 Å². The molecule has 0 saturated carbocycles. The second kappa shape index (κ2) is 6.86. The summed E-state index contributed by atoms with van der Waals surface area (Å²) >= 11 is 0. The molecule has 1 amide bonds. The molecular formula is C13H20N2O3. The minimum atomic E-state index is -0.511. The number of nitrogens with one attached hydrogen (secondary N) is 1. The van der Waals surface area contributed by atoms with Gasteiger partial charge in [-0.25, -0.2) is 0 Å². The smallest absolute Gasteiger partial charge is 0.236 e. The summed E-state index contributed by atoms with van der Waals surface area (Å²) in [5.41, 5.74) is 5.45. The van der Waals surface area contributed by atoms with E-state index in [0.29, 0.717) is 18.0 Å². The van der Waals surface area contributed by atoms with Crippen LogP contribution in [0.2, 0.25) is 0 Å². The lowest BCUT2D eigenvalue weighted by Gasteiger charge is -2.17. The third-order valence-electron chi connectivity index (χ3n) is 2.37. The van der Waals surface area contributed by atoms with Crippen molar-refractivity contribution in [1.82, 2.24) is 5.32 Å². The molecule has 1 unspecified atom stereocenters. The van der Waals surface area contributed by atoms with Crippen molar-refractivity contribution in [3.63, 3.8) is 0 Å². The van der Waals surface area contributed by atoms with Crippen LogP contribution in [0, 0.1) is 0 Å². The maximum Gasteiger partial charge on any atom is 0.236 e. The zero-order valence-corrected chi connectivity index (χ0v) is 11.0. The van der Waals surface area contributed by atoms with Crippen LogP contribution >= 0.6 is 0 Å². The Morgan fingerprint density at radius 1 is 1.33 bits per heavy atom. The number of carbonyl (C=O) groups is 1. The predicted molar refractivity (Wildman–Crippen MR) is 69.7 cm³/mol. The predicted octanol–water partition coefficient (Wildman–Crippen LogP) is 0.926. The second-order valence-electron chi connectivity index (χ2n) is 4.11. The Bertz CT molecular complexity index is 394. The third kappa shape index (κ3) is 4.25. The van der Waals surface area contributed by atoms with Crippen molar-refractivity contribution < 1.29 is 14.3 Å². The van der Waals surface area contributed by atoms with E-state index in [4.69, 9.17) is 15.2 Å². The first-order chi connectivity index (χ1) is 8.54. The molecule has 1 aromatic carbocycles. The summed E-state index contributed by atoms with van der Waals surface area (Å²) in [4.78, 5) is 11.3. The third-order valence-corrected chi connectivity index (χ3v) is 2.37. The molecular weight excluding hydrogens is 232 g/mol. The van der Waals surface area contributed by atoms with Gasteiger partial charge in [-0.1, -0.05) is 12.1 Å². The van der Waals surface area contributed by atoms with Gasteiger partial charge in [-0.2, -0.15) is 0 Å². The van der Waals surface area contributed by atoms with Crippen LogP contribution in [-0.2, 0) is 4.79 Å². The van der Waals surface area contributed by atoms with Crippen molar-refractivity contribution in [3.05, 3.63) is 24.3 Å². The molecule has 0 saturated heterocycles. The quantitative estimate of drug-likeness (QED) is 0.789. The fourth-order valence-corrected chi connectivity index (χ4v) is 1.38. The first-order valence-corrected chi connectivity index (χ1v) is 5.87. The molecule has 0 radical (unpaired) electrons. The molecule has 0 aliphatic carbocycles. The highest BCUT2D eigenvalue weighted by Crippen LogP contribution is 2.26. The Labute approximate surface area is 107 Å². The number of nitrogens with two attached hydrogens (primary N) is 1. The Hall–Kier alpha value is -1.75. The number of amides is 1. The normalized spacial score (nSPS) is 13.6. The standard InChI is InChI=1S/C13H20N2O3/c1-9(8-15-13(16)10(2)14)18-12-7-5-4-6-11(12)17-3/h4-7,9-10H,8,14H2,1-3H3,(H,15,16)/t9?,10-/m0/s1. The molecule has 1 aromatic rings. The molecule has 0 heterocycles. The van der Waals surface area contributed by atoms with Gasteiger partial charge in [0, 0.05) is 0 Å². The van der Waals surface area contributed by atoms with E-state index in [0.717, 1.165) is 0 Å². The maximum absolute atomic E-state index is 11.3. The van der Waals surface area contributed by atoms with E-state index in [1.54, 1.807) is 14.0 Å². The molecule has 100 valence electrons. The maximum atomic E-state index is 11.3. The van der Waals surface area contributed by atoms with Crippen LogP contribution in [0.1, 0.15) is 13.8 Å². The summed E-state index contributed by atoms with van der Waals surface area (Å²) in [5.74, 6) is 1.14. The molecule has 5 heteroatoms. The lowest BCUT2D eigenvalue weighted by Crippen LogP contribution is -2.42. The Kier molecular flexibility index (Phi) is 5.45. The van der Waals surface area contributed by atoms with Gasteiger partial charge in [-0.15, -0.1) is 0 Å². The fourth-order valence-electron chi connectivity index (χ4n) is 1.38. The van der Waals surface area contributed by atoms with Gasteiger partial charge in [0.15, 0.2) is 11.5 Å². The molecule has 0 aliphatic heterocycles. The van der Waals surface area contributed by atoms with E-state index < -0.39 is 6.04 Å². The van der Waals surface area contributed by atoms with Crippen molar-refractivity contribution in [2.24, 2.45) is 5.73 Å². The molecule has 2 atom stereocenters. The number of hydrogen-bond acceptors (Lipinski definition) is 4. The van der Waals surface area contributed by atoms with Crippen LogP contribution in [0.25, 0.3) is 0 Å². The van der Waals surface area contributed by atoms with Gasteiger partial charge in [0.2, 0.25) is 5.91 Å². The van der Waals surface area contributed by atoms with E-state index >= 15 is 0 Å². The van der Waals surface area contributed by atoms with Gasteiger partial charge in [-0.3, -0.25) is 4.79 Å². The number of carbonyl (C=O) groups excluding carboxylic acids is 1. The van der Waals surface area contributed by atoms with Crippen molar-refractivity contribution in [1.29, 1.82) is 0 Å². The molecule has 5 nitrogen and oxygen atoms in total. The van der Waals surface area contributed by atoms with E-state index in [-0.39, 0.29) is 12.0 Å². The zero-order chi connectivity index (χ0) is 13.5. The minimum Gasteiger partial charge on any atom is -0.493 e. The fraction of sp³-hybridized carbons (Fsp3) is 0.462. The Balaban J connectivity index is 2.49.